The van der Waals surface area contributed by atoms with E-state index < -0.39 is 17.3 Å². The highest BCUT2D eigenvalue weighted by atomic mass is 19.4. The summed E-state index contributed by atoms with van der Waals surface area (Å²) in [5.74, 6) is -0.206. The molecule has 2 aromatic rings. The Morgan fingerprint density at radius 3 is 2.69 bits per heavy atom. The third-order valence-corrected chi connectivity index (χ3v) is 4.94. The van der Waals surface area contributed by atoms with Gasteiger partial charge in [0.25, 0.3) is 5.91 Å². The summed E-state index contributed by atoms with van der Waals surface area (Å²) in [5.41, 5.74) is -0.601. The molecule has 10 heteroatoms. The second kappa shape index (κ2) is 8.13. The van der Waals surface area contributed by atoms with Gasteiger partial charge in [0.05, 0.1) is 29.8 Å². The fraction of sp³-hybridized carbons (Fsp3) is 0.421. The van der Waals surface area contributed by atoms with Gasteiger partial charge in [-0.3, -0.25) is 9.48 Å². The smallest absolute Gasteiger partial charge is 0.382 e. The minimum atomic E-state index is -4.62. The van der Waals surface area contributed by atoms with Crippen LogP contribution < -0.4 is 4.90 Å². The Kier molecular flexibility index (Phi) is 5.79. The lowest BCUT2D eigenvalue weighted by Gasteiger charge is -2.42. The van der Waals surface area contributed by atoms with E-state index in [4.69, 9.17) is 10.00 Å². The van der Waals surface area contributed by atoms with Crippen molar-refractivity contribution in [3.63, 3.8) is 0 Å². The number of amides is 1. The highest BCUT2D eigenvalue weighted by Crippen LogP contribution is 2.35. The summed E-state index contributed by atoms with van der Waals surface area (Å²) in [6, 6.07) is 6.52. The molecule has 3 rings (SSSR count). The van der Waals surface area contributed by atoms with Gasteiger partial charge in [-0.1, -0.05) is 0 Å². The predicted molar refractivity (Wildman–Crippen MR) is 98.3 cm³/mol. The molecule has 154 valence electrons. The van der Waals surface area contributed by atoms with Gasteiger partial charge in [-0.25, -0.2) is 0 Å². The zero-order chi connectivity index (χ0) is 21.2. The number of halogens is 3. The molecule has 1 aromatic heterocycles. The van der Waals surface area contributed by atoms with Crippen LogP contribution in [0.5, 0.6) is 0 Å². The van der Waals surface area contributed by atoms with Crippen LogP contribution in [0.1, 0.15) is 21.6 Å². The lowest BCUT2D eigenvalue weighted by Crippen LogP contribution is -2.57. The van der Waals surface area contributed by atoms with Crippen LogP contribution >= 0.6 is 0 Å². The molecule has 29 heavy (non-hydrogen) atoms. The standard InChI is InChI=1S/C19H20F3N5O2/c1-25-17(5-6-24-25)18(28)27-8-7-26(11-15(27)12-29-2)14-4-3-13(10-23)16(9-14)19(20,21)22/h3-6,9,15H,7-8,11-12H2,1-2H3. The maximum Gasteiger partial charge on any atom is 0.417 e. The maximum atomic E-state index is 13.3. The van der Waals surface area contributed by atoms with Gasteiger partial charge in [0.1, 0.15) is 5.69 Å². The highest BCUT2D eigenvalue weighted by molar-refractivity contribution is 5.93. The van der Waals surface area contributed by atoms with E-state index >= 15 is 0 Å². The van der Waals surface area contributed by atoms with Crippen LogP contribution in [0, 0.1) is 11.3 Å². The van der Waals surface area contributed by atoms with Crippen LogP contribution in [0.25, 0.3) is 0 Å². The zero-order valence-electron chi connectivity index (χ0n) is 16.0. The van der Waals surface area contributed by atoms with E-state index in [0.29, 0.717) is 31.0 Å². The molecule has 1 aliphatic heterocycles. The van der Waals surface area contributed by atoms with Crippen LogP contribution in [-0.2, 0) is 18.0 Å². The van der Waals surface area contributed by atoms with E-state index in [1.807, 2.05) is 0 Å². The molecule has 1 unspecified atom stereocenters. The number of aromatic nitrogens is 2. The highest BCUT2D eigenvalue weighted by Gasteiger charge is 2.36. The third kappa shape index (κ3) is 4.19. The number of rotatable bonds is 4. The van der Waals surface area contributed by atoms with Crippen molar-refractivity contribution in [2.75, 3.05) is 38.3 Å². The molecule has 1 aliphatic rings. The van der Waals surface area contributed by atoms with Gasteiger partial charge >= 0.3 is 6.18 Å². The molecule has 2 heterocycles. The number of alkyl halides is 3. The van der Waals surface area contributed by atoms with Gasteiger partial charge in [0.15, 0.2) is 0 Å². The first-order valence-corrected chi connectivity index (χ1v) is 8.90. The summed E-state index contributed by atoms with van der Waals surface area (Å²) < 4.78 is 46.6. The van der Waals surface area contributed by atoms with Crippen molar-refractivity contribution in [1.82, 2.24) is 14.7 Å². The topological polar surface area (TPSA) is 74.4 Å². The number of hydrogen-bond acceptors (Lipinski definition) is 5. The number of carbonyl (C=O) groups excluding carboxylic acids is 1. The largest absolute Gasteiger partial charge is 0.417 e. The number of nitrogens with zero attached hydrogens (tertiary/aromatic N) is 5. The fourth-order valence-corrected chi connectivity index (χ4v) is 3.48. The monoisotopic (exact) mass is 407 g/mol. The fourth-order valence-electron chi connectivity index (χ4n) is 3.48. The second-order valence-corrected chi connectivity index (χ2v) is 6.73. The predicted octanol–water partition coefficient (Wildman–Crippen LogP) is 2.29. The van der Waals surface area contributed by atoms with E-state index in [1.54, 1.807) is 29.0 Å². The average Bonchev–Trinajstić information content (AvgIpc) is 3.12. The van der Waals surface area contributed by atoms with Crippen molar-refractivity contribution < 1.29 is 22.7 Å². The van der Waals surface area contributed by atoms with E-state index in [-0.39, 0.29) is 18.6 Å². The van der Waals surface area contributed by atoms with Crippen LogP contribution in [0.15, 0.2) is 30.5 Å². The van der Waals surface area contributed by atoms with Crippen LogP contribution in [-0.4, -0.2) is 60.0 Å². The molecular weight excluding hydrogens is 387 g/mol. The van der Waals surface area contributed by atoms with Gasteiger partial charge in [0.2, 0.25) is 0 Å². The quantitative estimate of drug-likeness (QED) is 0.778. The Hall–Kier alpha value is -3.06. The van der Waals surface area contributed by atoms with Crippen molar-refractivity contribution >= 4 is 11.6 Å². The van der Waals surface area contributed by atoms with E-state index in [1.165, 1.54) is 30.1 Å². The first-order valence-electron chi connectivity index (χ1n) is 8.90. The second-order valence-electron chi connectivity index (χ2n) is 6.73. The van der Waals surface area contributed by atoms with E-state index in [0.717, 1.165) is 6.07 Å². The first-order chi connectivity index (χ1) is 13.8. The SMILES string of the molecule is COCC1CN(c2ccc(C#N)c(C(F)(F)F)c2)CCN1C(=O)c1ccnn1C. The number of aryl methyl sites for hydroxylation is 1. The van der Waals surface area contributed by atoms with Crippen LogP contribution in [0.4, 0.5) is 18.9 Å². The molecule has 1 saturated heterocycles. The molecule has 0 spiro atoms. The van der Waals surface area contributed by atoms with Gasteiger partial charge in [0, 0.05) is 45.7 Å². The lowest BCUT2D eigenvalue weighted by atomic mass is 10.0. The van der Waals surface area contributed by atoms with Gasteiger partial charge < -0.3 is 14.5 Å². The summed E-state index contributed by atoms with van der Waals surface area (Å²) in [6.45, 7) is 1.22. The van der Waals surface area contributed by atoms with Crippen molar-refractivity contribution in [3.8, 4) is 6.07 Å². The molecule has 0 bridgehead atoms. The Labute approximate surface area is 165 Å². The Balaban J connectivity index is 1.85. The maximum absolute atomic E-state index is 13.3. The van der Waals surface area contributed by atoms with E-state index in [9.17, 15) is 18.0 Å². The zero-order valence-corrected chi connectivity index (χ0v) is 16.0. The van der Waals surface area contributed by atoms with Crippen LogP contribution in [0.2, 0.25) is 0 Å². The molecule has 0 radical (unpaired) electrons. The number of carbonyl (C=O) groups is 1. The minimum Gasteiger partial charge on any atom is -0.382 e. The molecule has 7 nitrogen and oxygen atoms in total. The van der Waals surface area contributed by atoms with Crippen LogP contribution in [0.3, 0.4) is 0 Å². The average molecular weight is 407 g/mol. The summed E-state index contributed by atoms with van der Waals surface area (Å²) in [4.78, 5) is 16.3. The molecule has 1 atom stereocenters. The van der Waals surface area contributed by atoms with Gasteiger partial charge in [-0.15, -0.1) is 0 Å². The Bertz CT molecular complexity index is 935. The number of hydrogen-bond donors (Lipinski definition) is 0. The summed E-state index contributed by atoms with van der Waals surface area (Å²) >= 11 is 0. The number of methoxy groups -OCH3 is 1. The number of benzene rings is 1. The van der Waals surface area contributed by atoms with Gasteiger partial charge in [-0.2, -0.15) is 23.5 Å². The Morgan fingerprint density at radius 2 is 2.10 bits per heavy atom. The molecule has 1 aromatic carbocycles. The molecular formula is C19H20F3N5O2. The summed E-state index contributed by atoms with van der Waals surface area (Å²) in [7, 11) is 3.18. The lowest BCUT2D eigenvalue weighted by molar-refractivity contribution is -0.137. The van der Waals surface area contributed by atoms with Gasteiger partial charge in [-0.05, 0) is 24.3 Å². The number of anilines is 1. The normalized spacial score (nSPS) is 17.3. The molecule has 0 aliphatic carbocycles. The molecule has 1 amide bonds. The molecule has 1 fully saturated rings. The van der Waals surface area contributed by atoms with Crippen molar-refractivity contribution in [2.45, 2.75) is 12.2 Å². The number of piperazine rings is 1. The molecule has 0 N–H and O–H groups in total. The van der Waals surface area contributed by atoms with Crippen molar-refractivity contribution in [3.05, 3.63) is 47.3 Å². The van der Waals surface area contributed by atoms with Crippen molar-refractivity contribution in [2.24, 2.45) is 7.05 Å². The summed E-state index contributed by atoms with van der Waals surface area (Å²) in [5, 5.41) is 13.0. The van der Waals surface area contributed by atoms with E-state index in [2.05, 4.69) is 5.10 Å². The molecule has 0 saturated carbocycles. The van der Waals surface area contributed by atoms with Crippen molar-refractivity contribution in [1.29, 1.82) is 5.26 Å². The third-order valence-electron chi connectivity index (χ3n) is 4.94. The number of nitriles is 1. The number of ether oxygens (including phenoxy) is 1. The Morgan fingerprint density at radius 1 is 1.34 bits per heavy atom. The first kappa shape index (κ1) is 20.7. The minimum absolute atomic E-state index is 0.206. The summed E-state index contributed by atoms with van der Waals surface area (Å²) in [6.07, 6.45) is -3.09.